The second kappa shape index (κ2) is 8.94. The zero-order valence-corrected chi connectivity index (χ0v) is 19.0. The Bertz CT molecular complexity index is 1320. The monoisotopic (exact) mass is 446 g/mol. The maximum absolute atomic E-state index is 12.3. The lowest BCUT2D eigenvalue weighted by Crippen LogP contribution is -2.45. The normalized spacial score (nSPS) is 12.5. The molecule has 1 N–H and O–H groups in total. The fourth-order valence-corrected chi connectivity index (χ4v) is 3.57. The van der Waals surface area contributed by atoms with E-state index in [0.717, 1.165) is 21.9 Å². The Labute approximate surface area is 191 Å². The van der Waals surface area contributed by atoms with Crippen molar-refractivity contribution in [3.63, 3.8) is 0 Å². The molecule has 1 aromatic heterocycles. The topological polar surface area (TPSA) is 90.7 Å². The van der Waals surface area contributed by atoms with Crippen molar-refractivity contribution in [2.75, 3.05) is 7.11 Å². The second-order valence-corrected chi connectivity index (χ2v) is 8.81. The molecule has 4 aromatic rings. The number of nitrogens with zero attached hydrogens (tertiary/aromatic N) is 1. The number of fused-ring (bicyclic) bond motifs is 2. The average molecular weight is 447 g/mol. The third kappa shape index (κ3) is 5.31. The molecule has 0 bridgehead atoms. The van der Waals surface area contributed by atoms with Gasteiger partial charge < -0.3 is 19.2 Å². The number of methoxy groups -OCH3 is 1. The van der Waals surface area contributed by atoms with E-state index in [9.17, 15) is 9.59 Å². The van der Waals surface area contributed by atoms with E-state index in [0.29, 0.717) is 17.0 Å². The van der Waals surface area contributed by atoms with E-state index in [1.54, 1.807) is 20.8 Å². The van der Waals surface area contributed by atoms with E-state index >= 15 is 0 Å². The minimum Gasteiger partial charge on any atom is -0.467 e. The van der Waals surface area contributed by atoms with E-state index in [-0.39, 0.29) is 6.42 Å². The van der Waals surface area contributed by atoms with Crippen molar-refractivity contribution in [1.82, 2.24) is 10.3 Å². The van der Waals surface area contributed by atoms with Gasteiger partial charge >= 0.3 is 12.1 Å². The van der Waals surface area contributed by atoms with Crippen LogP contribution in [-0.4, -0.2) is 35.8 Å². The highest BCUT2D eigenvalue weighted by Gasteiger charge is 2.25. The van der Waals surface area contributed by atoms with Crippen LogP contribution in [0, 0.1) is 0 Å². The van der Waals surface area contributed by atoms with Crippen molar-refractivity contribution in [2.45, 2.75) is 38.8 Å². The smallest absolute Gasteiger partial charge is 0.408 e. The lowest BCUT2D eigenvalue weighted by atomic mass is 10.1. The van der Waals surface area contributed by atoms with Crippen LogP contribution in [0.25, 0.3) is 33.3 Å². The molecule has 0 unspecified atom stereocenters. The Morgan fingerprint density at radius 2 is 1.79 bits per heavy atom. The van der Waals surface area contributed by atoms with Crippen LogP contribution in [0.5, 0.6) is 0 Å². The molecule has 0 spiro atoms. The van der Waals surface area contributed by atoms with E-state index in [1.165, 1.54) is 7.11 Å². The molecule has 1 heterocycles. The number of benzene rings is 3. The van der Waals surface area contributed by atoms with Gasteiger partial charge in [0.1, 0.15) is 17.2 Å². The molecule has 4 rings (SSSR count). The molecule has 170 valence electrons. The molecule has 0 aliphatic rings. The Hall–Kier alpha value is -3.87. The molecule has 33 heavy (non-hydrogen) atoms. The minimum atomic E-state index is -0.894. The lowest BCUT2D eigenvalue weighted by Gasteiger charge is -2.22. The predicted molar refractivity (Wildman–Crippen MR) is 126 cm³/mol. The van der Waals surface area contributed by atoms with Gasteiger partial charge in [0.15, 0.2) is 5.58 Å². The Morgan fingerprint density at radius 3 is 2.52 bits per heavy atom. The van der Waals surface area contributed by atoms with Crippen molar-refractivity contribution in [1.29, 1.82) is 0 Å². The van der Waals surface area contributed by atoms with Crippen LogP contribution in [0.15, 0.2) is 65.1 Å². The molecule has 0 fully saturated rings. The number of rotatable bonds is 5. The Kier molecular flexibility index (Phi) is 6.05. The summed E-state index contributed by atoms with van der Waals surface area (Å²) in [6.45, 7) is 5.27. The number of hydrogen-bond donors (Lipinski definition) is 1. The standard InChI is InChI=1S/C26H26N2O5/c1-26(2,3)33-25(30)28-21(24(29)31-4)14-16-9-12-22-20(13-16)27-23(32-22)19-11-10-17-7-5-6-8-18(17)15-19/h5-13,15,21H,14H2,1-4H3,(H,28,30)/t21-/m0/s1. The first-order valence-corrected chi connectivity index (χ1v) is 10.7. The number of carbonyl (C=O) groups is 2. The summed E-state index contributed by atoms with van der Waals surface area (Å²) in [4.78, 5) is 29.1. The second-order valence-electron chi connectivity index (χ2n) is 8.81. The molecule has 3 aromatic carbocycles. The van der Waals surface area contributed by atoms with Gasteiger partial charge in [0.2, 0.25) is 5.89 Å². The number of carbonyl (C=O) groups excluding carboxylic acids is 2. The Morgan fingerprint density at radius 1 is 1.03 bits per heavy atom. The van der Waals surface area contributed by atoms with Gasteiger partial charge in [-0.05, 0) is 61.4 Å². The summed E-state index contributed by atoms with van der Waals surface area (Å²) in [7, 11) is 1.28. The van der Waals surface area contributed by atoms with Crippen LogP contribution in [0.4, 0.5) is 4.79 Å². The first-order chi connectivity index (χ1) is 15.7. The summed E-state index contributed by atoms with van der Waals surface area (Å²) in [5.41, 5.74) is 2.30. The maximum atomic E-state index is 12.3. The highest BCUT2D eigenvalue weighted by molar-refractivity contribution is 5.87. The van der Waals surface area contributed by atoms with Gasteiger partial charge in [-0.25, -0.2) is 14.6 Å². The van der Waals surface area contributed by atoms with Gasteiger partial charge in [-0.15, -0.1) is 0 Å². The molecule has 0 saturated heterocycles. The minimum absolute atomic E-state index is 0.222. The number of alkyl carbamates (subject to hydrolysis) is 1. The lowest BCUT2D eigenvalue weighted by molar-refractivity contribution is -0.143. The molecule has 1 amide bonds. The summed E-state index contributed by atoms with van der Waals surface area (Å²) in [6, 6.07) is 18.7. The number of amides is 1. The van der Waals surface area contributed by atoms with E-state index in [1.807, 2.05) is 54.6 Å². The van der Waals surface area contributed by atoms with Gasteiger partial charge in [-0.2, -0.15) is 0 Å². The van der Waals surface area contributed by atoms with Crippen molar-refractivity contribution in [3.05, 3.63) is 66.2 Å². The zero-order valence-electron chi connectivity index (χ0n) is 19.0. The first-order valence-electron chi connectivity index (χ1n) is 10.7. The maximum Gasteiger partial charge on any atom is 0.408 e. The van der Waals surface area contributed by atoms with Crippen molar-refractivity contribution < 1.29 is 23.5 Å². The number of ether oxygens (including phenoxy) is 2. The zero-order chi connectivity index (χ0) is 23.6. The average Bonchev–Trinajstić information content (AvgIpc) is 3.20. The molecule has 7 nitrogen and oxygen atoms in total. The summed E-state index contributed by atoms with van der Waals surface area (Å²) < 4.78 is 16.1. The molecular weight excluding hydrogens is 420 g/mol. The van der Waals surface area contributed by atoms with Crippen LogP contribution in [0.1, 0.15) is 26.3 Å². The molecular formula is C26H26N2O5. The number of esters is 1. The summed E-state index contributed by atoms with van der Waals surface area (Å²) in [5, 5.41) is 4.84. The van der Waals surface area contributed by atoms with Crippen molar-refractivity contribution in [3.8, 4) is 11.5 Å². The van der Waals surface area contributed by atoms with Gasteiger partial charge in [-0.1, -0.05) is 36.4 Å². The highest BCUT2D eigenvalue weighted by atomic mass is 16.6. The molecule has 0 saturated carbocycles. The van der Waals surface area contributed by atoms with Crippen LogP contribution >= 0.6 is 0 Å². The van der Waals surface area contributed by atoms with E-state index in [4.69, 9.17) is 13.9 Å². The van der Waals surface area contributed by atoms with Gasteiger partial charge in [0.05, 0.1) is 7.11 Å². The molecule has 0 radical (unpaired) electrons. The molecule has 7 heteroatoms. The molecule has 0 aliphatic carbocycles. The van der Waals surface area contributed by atoms with Gasteiger partial charge in [-0.3, -0.25) is 0 Å². The first kappa shape index (κ1) is 22.3. The Balaban J connectivity index is 1.57. The summed E-state index contributed by atoms with van der Waals surface area (Å²) >= 11 is 0. The summed E-state index contributed by atoms with van der Waals surface area (Å²) in [6.07, 6.45) is -0.459. The number of oxazole rings is 1. The van der Waals surface area contributed by atoms with Crippen molar-refractivity contribution >= 4 is 33.9 Å². The molecule has 1 atom stereocenters. The largest absolute Gasteiger partial charge is 0.467 e. The highest BCUT2D eigenvalue weighted by Crippen LogP contribution is 2.28. The van der Waals surface area contributed by atoms with Crippen LogP contribution in [0.2, 0.25) is 0 Å². The van der Waals surface area contributed by atoms with Crippen LogP contribution in [0.3, 0.4) is 0 Å². The summed E-state index contributed by atoms with van der Waals surface area (Å²) in [5.74, 6) is -0.0396. The quantitative estimate of drug-likeness (QED) is 0.421. The SMILES string of the molecule is COC(=O)[C@H](Cc1ccc2oc(-c3ccc4ccccc4c3)nc2c1)NC(=O)OC(C)(C)C. The third-order valence-electron chi connectivity index (χ3n) is 5.06. The number of hydrogen-bond acceptors (Lipinski definition) is 6. The van der Waals surface area contributed by atoms with Crippen molar-refractivity contribution in [2.24, 2.45) is 0 Å². The van der Waals surface area contributed by atoms with E-state index in [2.05, 4.69) is 16.4 Å². The van der Waals surface area contributed by atoms with E-state index < -0.39 is 23.7 Å². The van der Waals surface area contributed by atoms with Gasteiger partial charge in [0.25, 0.3) is 0 Å². The van der Waals surface area contributed by atoms with Crippen LogP contribution < -0.4 is 5.32 Å². The fourth-order valence-electron chi connectivity index (χ4n) is 3.57. The molecule has 0 aliphatic heterocycles. The van der Waals surface area contributed by atoms with Gasteiger partial charge in [0, 0.05) is 12.0 Å². The fraction of sp³-hybridized carbons (Fsp3) is 0.269. The number of nitrogens with one attached hydrogen (secondary N) is 1. The predicted octanol–water partition coefficient (Wildman–Crippen LogP) is 5.26. The van der Waals surface area contributed by atoms with Crippen LogP contribution in [-0.2, 0) is 20.7 Å². The number of aromatic nitrogens is 1. The third-order valence-corrected chi connectivity index (χ3v) is 5.06.